The first-order valence-corrected chi connectivity index (χ1v) is 9.73. The molecule has 1 heterocycles. The van der Waals surface area contributed by atoms with Crippen LogP contribution in [0.4, 0.5) is 0 Å². The third-order valence-corrected chi connectivity index (χ3v) is 6.76. The Bertz CT molecular complexity index is 341. The van der Waals surface area contributed by atoms with Gasteiger partial charge in [0.1, 0.15) is 0 Å². The first kappa shape index (κ1) is 21.1. The van der Waals surface area contributed by atoms with Crippen molar-refractivity contribution in [2.75, 3.05) is 0 Å². The molecule has 0 spiro atoms. The molecule has 1 fully saturated rings. The molecule has 1 aliphatic heterocycles. The molecule has 1 rings (SSSR count). The quantitative estimate of drug-likeness (QED) is 0.668. The molecule has 3 nitrogen and oxygen atoms in total. The van der Waals surface area contributed by atoms with Crippen molar-refractivity contribution in [3.05, 3.63) is 0 Å². The van der Waals surface area contributed by atoms with Gasteiger partial charge in [-0.15, -0.1) is 0 Å². The Balaban J connectivity index is 2.97. The van der Waals surface area contributed by atoms with Crippen LogP contribution in [0.3, 0.4) is 0 Å². The Kier molecular flexibility index (Phi) is 7.75. The minimum Gasteiger partial charge on any atom is -0.361 e. The number of hydrogen-bond donors (Lipinski definition) is 0. The summed E-state index contributed by atoms with van der Waals surface area (Å²) in [6.07, 6.45) is 1.23. The zero-order chi connectivity index (χ0) is 17.9. The van der Waals surface area contributed by atoms with E-state index in [1.54, 1.807) is 0 Å². The van der Waals surface area contributed by atoms with Gasteiger partial charge in [0.2, 0.25) is 0 Å². The van der Waals surface area contributed by atoms with Crippen LogP contribution < -0.4 is 0 Å². The Hall–Kier alpha value is 0.0748. The van der Waals surface area contributed by atoms with Crippen molar-refractivity contribution in [3.8, 4) is 0 Å². The summed E-state index contributed by atoms with van der Waals surface area (Å²) in [5, 5.41) is 0. The molecule has 0 aromatic carbocycles. The Morgan fingerprint density at radius 3 is 1.35 bits per heavy atom. The van der Waals surface area contributed by atoms with Crippen LogP contribution in [-0.4, -0.2) is 54.9 Å². The van der Waals surface area contributed by atoms with Gasteiger partial charge in [0.05, 0.1) is 0 Å². The van der Waals surface area contributed by atoms with Crippen LogP contribution in [0, 0.1) is 17.3 Å². The molecule has 0 saturated carbocycles. The summed E-state index contributed by atoms with van der Waals surface area (Å²) in [6, 6.07) is 1.84. The molecule has 6 heteroatoms. The van der Waals surface area contributed by atoms with Gasteiger partial charge in [-0.1, -0.05) is 69.2 Å². The lowest BCUT2D eigenvalue weighted by molar-refractivity contribution is 0.198. The molecule has 132 valence electrons. The molecule has 0 amide bonds. The van der Waals surface area contributed by atoms with Gasteiger partial charge in [0.15, 0.2) is 0 Å². The maximum Gasteiger partial charge on any atom is 0.271 e. The van der Waals surface area contributed by atoms with Gasteiger partial charge in [0.25, 0.3) is 22.6 Å². The zero-order valence-corrected chi connectivity index (χ0v) is 17.6. The molecule has 23 heavy (non-hydrogen) atoms. The summed E-state index contributed by atoms with van der Waals surface area (Å²) in [7, 11) is 3.31. The summed E-state index contributed by atoms with van der Waals surface area (Å²) in [5.74, 6) is 1.39. The minimum absolute atomic E-state index is 0.358. The second kappa shape index (κ2) is 8.44. The van der Waals surface area contributed by atoms with E-state index in [0.29, 0.717) is 35.4 Å². The van der Waals surface area contributed by atoms with E-state index in [4.69, 9.17) is 0 Å². The first-order chi connectivity index (χ1) is 10.5. The second-order valence-corrected chi connectivity index (χ2v) is 9.18. The van der Waals surface area contributed by atoms with Gasteiger partial charge < -0.3 is 14.2 Å². The highest BCUT2D eigenvalue weighted by atomic mass is 15.3. The smallest absolute Gasteiger partial charge is 0.271 e. The number of hydrogen-bond acceptors (Lipinski definition) is 3. The van der Waals surface area contributed by atoms with E-state index in [-0.39, 0.29) is 0 Å². The van der Waals surface area contributed by atoms with Gasteiger partial charge in [0, 0.05) is 0 Å². The molecule has 0 radical (unpaired) electrons. The summed E-state index contributed by atoms with van der Waals surface area (Å²) < 4.78 is 8.05. The highest BCUT2D eigenvalue weighted by Crippen LogP contribution is 2.30. The summed E-state index contributed by atoms with van der Waals surface area (Å²) in [5.41, 5.74) is 0.358. The third kappa shape index (κ3) is 5.27. The van der Waals surface area contributed by atoms with Crippen LogP contribution in [0.5, 0.6) is 0 Å². The van der Waals surface area contributed by atoms with Crippen LogP contribution in [0.1, 0.15) is 75.7 Å². The molecule has 0 aromatic heterocycles. The highest BCUT2D eigenvalue weighted by molar-refractivity contribution is 6.65. The van der Waals surface area contributed by atoms with Gasteiger partial charge in [-0.05, 0) is 41.8 Å². The van der Waals surface area contributed by atoms with Gasteiger partial charge in [-0.2, -0.15) is 0 Å². The van der Waals surface area contributed by atoms with Crippen LogP contribution >= 0.6 is 0 Å². The standard InChI is InChI=1S/C17H40B3N3/c1-11-17(9,10)16(8)23-19-21(14(6)12(2)3)18-22(20-23)15(7)13(4)5/h12-16,18-20H,11H2,1-10H3. The number of nitrogens with zero attached hydrogens (tertiary/aromatic N) is 3. The molecule has 1 aliphatic rings. The summed E-state index contributed by atoms with van der Waals surface area (Å²) in [4.78, 5) is 0. The molecule has 0 bridgehead atoms. The summed E-state index contributed by atoms with van der Waals surface area (Å²) >= 11 is 0. The predicted molar refractivity (Wildman–Crippen MR) is 109 cm³/mol. The van der Waals surface area contributed by atoms with Crippen LogP contribution in [0.25, 0.3) is 0 Å². The van der Waals surface area contributed by atoms with Crippen molar-refractivity contribution < 1.29 is 0 Å². The van der Waals surface area contributed by atoms with Crippen molar-refractivity contribution in [1.29, 1.82) is 0 Å². The van der Waals surface area contributed by atoms with E-state index >= 15 is 0 Å². The minimum atomic E-state index is 0.358. The lowest BCUT2D eigenvalue weighted by Gasteiger charge is -2.51. The van der Waals surface area contributed by atoms with Crippen molar-refractivity contribution in [3.63, 3.8) is 0 Å². The van der Waals surface area contributed by atoms with E-state index in [0.717, 1.165) is 22.6 Å². The average molecular weight is 319 g/mol. The normalized spacial score (nSPS) is 22.4. The molecule has 3 unspecified atom stereocenters. The first-order valence-electron chi connectivity index (χ1n) is 9.73. The van der Waals surface area contributed by atoms with E-state index in [1.165, 1.54) is 6.42 Å². The molecule has 3 atom stereocenters. The van der Waals surface area contributed by atoms with Crippen LogP contribution in [0.15, 0.2) is 0 Å². The largest absolute Gasteiger partial charge is 0.361 e. The second-order valence-electron chi connectivity index (χ2n) is 9.18. The molecule has 0 N–H and O–H groups in total. The molecule has 0 aliphatic carbocycles. The van der Waals surface area contributed by atoms with Crippen molar-refractivity contribution in [2.45, 2.75) is 93.8 Å². The van der Waals surface area contributed by atoms with E-state index < -0.39 is 0 Å². The van der Waals surface area contributed by atoms with Crippen molar-refractivity contribution in [2.24, 2.45) is 17.3 Å². The zero-order valence-electron chi connectivity index (χ0n) is 17.6. The van der Waals surface area contributed by atoms with E-state index in [2.05, 4.69) is 83.4 Å². The van der Waals surface area contributed by atoms with Crippen molar-refractivity contribution in [1.82, 2.24) is 14.2 Å². The Morgan fingerprint density at radius 1 is 0.696 bits per heavy atom. The monoisotopic (exact) mass is 319 g/mol. The fourth-order valence-corrected chi connectivity index (χ4v) is 3.23. The van der Waals surface area contributed by atoms with E-state index in [9.17, 15) is 0 Å². The third-order valence-electron chi connectivity index (χ3n) is 6.76. The SMILES string of the molecule is CCC(C)(C)C(C)N1BN(C(C)C(C)C)BN(C(C)C(C)C)B1. The predicted octanol–water partition coefficient (Wildman–Crippen LogP) is 2.62. The molecular weight excluding hydrogens is 279 g/mol. The fraction of sp³-hybridized carbons (Fsp3) is 1.00. The molecular formula is C17H40B3N3. The van der Waals surface area contributed by atoms with Gasteiger partial charge in [-0.3, -0.25) is 0 Å². The lowest BCUT2D eigenvalue weighted by Crippen LogP contribution is -2.69. The maximum atomic E-state index is 2.70. The topological polar surface area (TPSA) is 9.72 Å². The van der Waals surface area contributed by atoms with Crippen molar-refractivity contribution >= 4 is 22.6 Å². The molecule has 0 aromatic rings. The highest BCUT2D eigenvalue weighted by Gasteiger charge is 2.39. The average Bonchev–Trinajstić information content (AvgIpc) is 2.51. The fourth-order valence-electron chi connectivity index (χ4n) is 3.23. The van der Waals surface area contributed by atoms with Crippen LogP contribution in [0.2, 0.25) is 0 Å². The van der Waals surface area contributed by atoms with Gasteiger partial charge in [-0.25, -0.2) is 0 Å². The maximum absolute atomic E-state index is 2.70. The van der Waals surface area contributed by atoms with Crippen LogP contribution in [-0.2, 0) is 0 Å². The van der Waals surface area contributed by atoms with Gasteiger partial charge >= 0.3 is 0 Å². The Labute approximate surface area is 148 Å². The Morgan fingerprint density at radius 2 is 1.04 bits per heavy atom. The molecule has 1 saturated heterocycles. The lowest BCUT2D eigenvalue weighted by atomic mass is 9.66. The number of rotatable bonds is 7. The van der Waals surface area contributed by atoms with E-state index in [1.807, 2.05) is 0 Å². The summed E-state index contributed by atoms with van der Waals surface area (Å²) in [6.45, 7) is 23.7.